The molecule has 0 heterocycles. The largest absolute Gasteiger partial charge is 0.0629 e. The first kappa shape index (κ1) is 23.5. The van der Waals surface area contributed by atoms with Gasteiger partial charge in [-0.2, -0.15) is 0 Å². The van der Waals surface area contributed by atoms with E-state index in [2.05, 4.69) is 78.9 Å². The Bertz CT molecular complexity index is 3620. The monoisotopic (exact) mass is 690 g/mol. The first-order valence-electron chi connectivity index (χ1n) is 22.1. The number of hydrogen-bond acceptors (Lipinski definition) is 0. The standard InChI is InChI=1S/C54H34/c1-2-14-36-31-39(28-27-35(36)13-1)37-15-11-17-41(32-37)53-48-23-7-9-25-50(48)54(51-26-10-8-24-49(51)53)42-18-12-16-38(33-42)40-29-30-47-45-21-4-3-19-43(45)44-20-5-6-22-46(44)52(47)34-40/h1-34H/i7D,8D,9D,10D,23D,24D,25D,26D. The predicted molar refractivity (Wildman–Crippen MR) is 233 cm³/mol. The van der Waals surface area contributed by atoms with Crippen molar-refractivity contribution < 1.29 is 11.0 Å². The molecule has 54 heavy (non-hydrogen) atoms. The van der Waals surface area contributed by atoms with E-state index in [-0.39, 0.29) is 45.7 Å². The summed E-state index contributed by atoms with van der Waals surface area (Å²) in [4.78, 5) is 0. The summed E-state index contributed by atoms with van der Waals surface area (Å²) in [6.45, 7) is 0. The molecule has 11 rings (SSSR count). The van der Waals surface area contributed by atoms with Crippen LogP contribution in [0.4, 0.5) is 0 Å². The van der Waals surface area contributed by atoms with Gasteiger partial charge in [0.05, 0.1) is 11.0 Å². The van der Waals surface area contributed by atoms with Crippen LogP contribution in [0, 0.1) is 0 Å². The molecule has 0 aromatic heterocycles. The van der Waals surface area contributed by atoms with Gasteiger partial charge in [-0.15, -0.1) is 0 Å². The molecule has 0 heteroatoms. The summed E-state index contributed by atoms with van der Waals surface area (Å²) in [5.41, 5.74) is 5.34. The van der Waals surface area contributed by atoms with E-state index in [9.17, 15) is 5.48 Å². The number of rotatable bonds is 4. The van der Waals surface area contributed by atoms with E-state index in [1.165, 1.54) is 5.39 Å². The predicted octanol–water partition coefficient (Wildman–Crippen LogP) is 15.3. The first-order valence-corrected chi connectivity index (χ1v) is 18.1. The van der Waals surface area contributed by atoms with Gasteiger partial charge in [-0.1, -0.05) is 182 Å². The van der Waals surface area contributed by atoms with E-state index >= 15 is 0 Å². The van der Waals surface area contributed by atoms with Crippen molar-refractivity contribution >= 4 is 64.6 Å². The molecule has 0 nitrogen and oxygen atoms in total. The molecule has 0 saturated carbocycles. The fraction of sp³-hybridized carbons (Fsp3) is 0. The third-order valence-corrected chi connectivity index (χ3v) is 10.8. The second-order valence-corrected chi connectivity index (χ2v) is 13.8. The average molecular weight is 691 g/mol. The van der Waals surface area contributed by atoms with E-state index < -0.39 is 24.2 Å². The molecule has 11 aromatic carbocycles. The van der Waals surface area contributed by atoms with Crippen LogP contribution >= 0.6 is 0 Å². The Morgan fingerprint density at radius 2 is 0.630 bits per heavy atom. The van der Waals surface area contributed by atoms with Crippen molar-refractivity contribution in [1.29, 1.82) is 0 Å². The van der Waals surface area contributed by atoms with E-state index in [1.54, 1.807) is 0 Å². The van der Waals surface area contributed by atoms with E-state index in [0.29, 0.717) is 22.3 Å². The Kier molecular flexibility index (Phi) is 5.36. The van der Waals surface area contributed by atoms with Crippen LogP contribution in [0.2, 0.25) is 0 Å². The minimum Gasteiger partial charge on any atom is -0.0616 e. The van der Waals surface area contributed by atoms with Gasteiger partial charge in [-0.25, -0.2) is 0 Å². The Morgan fingerprint density at radius 3 is 1.17 bits per heavy atom. The Balaban J connectivity index is 1.21. The van der Waals surface area contributed by atoms with Crippen molar-refractivity contribution in [1.82, 2.24) is 0 Å². The second kappa shape index (κ2) is 12.3. The van der Waals surface area contributed by atoms with Gasteiger partial charge in [0.25, 0.3) is 0 Å². The molecule has 250 valence electrons. The topological polar surface area (TPSA) is 0 Å². The van der Waals surface area contributed by atoms with Gasteiger partial charge < -0.3 is 0 Å². The fourth-order valence-electron chi connectivity index (χ4n) is 8.37. The molecule has 0 unspecified atom stereocenters. The minimum atomic E-state index is -0.426. The van der Waals surface area contributed by atoms with E-state index in [0.717, 1.165) is 60.0 Å². The van der Waals surface area contributed by atoms with Gasteiger partial charge in [-0.05, 0) is 133 Å². The SMILES string of the molecule is [2H]c1c([2H])c([2H])c2c(-c3cccc(-c4ccc5c6ccccc6c6ccccc6c5c4)c3)c3c([2H])c([2H])c([2H])c([2H])c3c(-c3cccc(-c4ccc5ccccc5c4)c3)c2c1[2H]. The molecular weight excluding hydrogens is 649 g/mol. The number of hydrogen-bond donors (Lipinski definition) is 0. The molecule has 0 atom stereocenters. The summed E-state index contributed by atoms with van der Waals surface area (Å²) in [5, 5.41) is 9.76. The van der Waals surface area contributed by atoms with E-state index in [1.807, 2.05) is 78.9 Å². The molecule has 11 aromatic rings. The quantitative estimate of drug-likeness (QED) is 0.127. The third kappa shape index (κ3) is 4.85. The lowest BCUT2D eigenvalue weighted by Crippen LogP contribution is -1.91. The summed E-state index contributed by atoms with van der Waals surface area (Å²) < 4.78 is 73.6. The molecule has 0 bridgehead atoms. The highest BCUT2D eigenvalue weighted by Gasteiger charge is 2.18. The van der Waals surface area contributed by atoms with Crippen LogP contribution < -0.4 is 0 Å². The van der Waals surface area contributed by atoms with Crippen LogP contribution in [0.25, 0.3) is 109 Å². The molecule has 0 aliphatic carbocycles. The highest BCUT2D eigenvalue weighted by molar-refractivity contribution is 6.26. The molecule has 0 aliphatic heterocycles. The maximum Gasteiger partial charge on any atom is 0.0629 e. The van der Waals surface area contributed by atoms with Gasteiger partial charge in [0.15, 0.2) is 0 Å². The third-order valence-electron chi connectivity index (χ3n) is 10.8. The Labute approximate surface area is 325 Å². The van der Waals surface area contributed by atoms with Gasteiger partial charge in [0, 0.05) is 0 Å². The Hall–Kier alpha value is -7.02. The summed E-state index contributed by atoms with van der Waals surface area (Å²) in [6.07, 6.45) is 0. The van der Waals surface area contributed by atoms with Crippen molar-refractivity contribution in [2.24, 2.45) is 0 Å². The van der Waals surface area contributed by atoms with Gasteiger partial charge in [-0.3, -0.25) is 0 Å². The van der Waals surface area contributed by atoms with Gasteiger partial charge in [0.1, 0.15) is 0 Å². The zero-order chi connectivity index (χ0) is 42.6. The summed E-state index contributed by atoms with van der Waals surface area (Å²) in [5.74, 6) is 0. The second-order valence-electron chi connectivity index (χ2n) is 13.8. The van der Waals surface area contributed by atoms with Crippen molar-refractivity contribution in [2.75, 3.05) is 0 Å². The van der Waals surface area contributed by atoms with Crippen LogP contribution in [0.3, 0.4) is 0 Å². The van der Waals surface area contributed by atoms with Crippen LogP contribution in [0.5, 0.6) is 0 Å². The maximum atomic E-state index is 9.49. The van der Waals surface area contributed by atoms with Crippen LogP contribution in [-0.4, -0.2) is 0 Å². The molecular formula is C54H34. The molecule has 0 fully saturated rings. The van der Waals surface area contributed by atoms with Crippen LogP contribution in [0.1, 0.15) is 11.0 Å². The summed E-state index contributed by atoms with van der Waals surface area (Å²) >= 11 is 0. The van der Waals surface area contributed by atoms with Crippen molar-refractivity contribution in [3.05, 3.63) is 206 Å². The molecule has 0 saturated heterocycles. The lowest BCUT2D eigenvalue weighted by Gasteiger charge is -2.19. The maximum absolute atomic E-state index is 9.49. The molecule has 0 aliphatic rings. The highest BCUT2D eigenvalue weighted by Crippen LogP contribution is 2.45. The summed E-state index contributed by atoms with van der Waals surface area (Å²) in [7, 11) is 0. The average Bonchev–Trinajstić information content (AvgIpc) is 3.32. The van der Waals surface area contributed by atoms with Gasteiger partial charge in [0.2, 0.25) is 0 Å². The number of benzene rings is 11. The molecule has 0 radical (unpaired) electrons. The minimum absolute atomic E-state index is 0.188. The van der Waals surface area contributed by atoms with Gasteiger partial charge >= 0.3 is 0 Å². The van der Waals surface area contributed by atoms with E-state index in [4.69, 9.17) is 5.48 Å². The normalized spacial score (nSPS) is 13.8. The molecule has 0 N–H and O–H groups in total. The fourth-order valence-corrected chi connectivity index (χ4v) is 8.37. The first-order chi connectivity index (χ1) is 30.1. The van der Waals surface area contributed by atoms with Crippen molar-refractivity contribution in [3.8, 4) is 44.5 Å². The van der Waals surface area contributed by atoms with Crippen molar-refractivity contribution in [3.63, 3.8) is 0 Å². The lowest BCUT2D eigenvalue weighted by molar-refractivity contribution is 1.62. The smallest absolute Gasteiger partial charge is 0.0616 e. The lowest BCUT2D eigenvalue weighted by atomic mass is 9.85. The van der Waals surface area contributed by atoms with Crippen LogP contribution in [0.15, 0.2) is 206 Å². The number of fused-ring (bicyclic) bond motifs is 9. The Morgan fingerprint density at radius 1 is 0.241 bits per heavy atom. The van der Waals surface area contributed by atoms with Crippen LogP contribution in [-0.2, 0) is 0 Å². The highest BCUT2D eigenvalue weighted by atomic mass is 14.2. The zero-order valence-electron chi connectivity index (χ0n) is 37.0. The summed E-state index contributed by atoms with van der Waals surface area (Å²) in [6, 6.07) is 50.0. The van der Waals surface area contributed by atoms with Crippen molar-refractivity contribution in [2.45, 2.75) is 0 Å². The molecule has 0 spiro atoms. The zero-order valence-corrected chi connectivity index (χ0v) is 29.0. The molecule has 0 amide bonds.